The summed E-state index contributed by atoms with van der Waals surface area (Å²) in [7, 11) is 0. The first-order chi connectivity index (χ1) is 15.5. The summed E-state index contributed by atoms with van der Waals surface area (Å²) in [5, 5.41) is 0. The lowest BCUT2D eigenvalue weighted by Gasteiger charge is -2.35. The third-order valence-corrected chi connectivity index (χ3v) is 5.65. The number of halogens is 1. The van der Waals surface area contributed by atoms with Crippen LogP contribution in [0.3, 0.4) is 0 Å². The fourth-order valence-corrected chi connectivity index (χ4v) is 3.96. The van der Waals surface area contributed by atoms with Gasteiger partial charge < -0.3 is 25.4 Å². The lowest BCUT2D eigenvalue weighted by Crippen LogP contribution is -2.47. The number of anilines is 2. The van der Waals surface area contributed by atoms with Crippen LogP contribution in [0.1, 0.15) is 27.3 Å². The molecule has 0 bridgehead atoms. The zero-order valence-corrected chi connectivity index (χ0v) is 17.2. The number of fused-ring (bicyclic) bond motifs is 1. The SMILES string of the molecule is NC(=O)c1cc(F)cc2[nH]c(N3CCN(c4cnc(C(=O)N5C=CCC5)cn4)CC3)nc12. The van der Waals surface area contributed by atoms with Gasteiger partial charge in [0, 0.05) is 38.9 Å². The summed E-state index contributed by atoms with van der Waals surface area (Å²) in [5.41, 5.74) is 6.52. The molecule has 4 heterocycles. The number of imidazole rings is 1. The summed E-state index contributed by atoms with van der Waals surface area (Å²) in [6.07, 6.45) is 7.70. The fourth-order valence-electron chi connectivity index (χ4n) is 3.96. The van der Waals surface area contributed by atoms with Gasteiger partial charge >= 0.3 is 0 Å². The topological polar surface area (TPSA) is 124 Å². The van der Waals surface area contributed by atoms with E-state index in [0.29, 0.717) is 61.2 Å². The Balaban J connectivity index is 1.27. The number of H-pyrrole nitrogens is 1. The molecule has 10 nitrogen and oxygen atoms in total. The number of benzene rings is 1. The van der Waals surface area contributed by atoms with Crippen LogP contribution >= 0.6 is 0 Å². The van der Waals surface area contributed by atoms with Gasteiger partial charge in [0.15, 0.2) is 0 Å². The van der Waals surface area contributed by atoms with Crippen molar-refractivity contribution in [2.24, 2.45) is 5.73 Å². The van der Waals surface area contributed by atoms with Crippen molar-refractivity contribution >= 4 is 34.6 Å². The smallest absolute Gasteiger partial charge is 0.277 e. The molecular weight excluding hydrogens is 415 g/mol. The molecule has 3 N–H and O–H groups in total. The summed E-state index contributed by atoms with van der Waals surface area (Å²) in [4.78, 5) is 46.0. The van der Waals surface area contributed by atoms with Gasteiger partial charge in [0.2, 0.25) is 5.95 Å². The average molecular weight is 436 g/mol. The fraction of sp³-hybridized carbons (Fsp3) is 0.286. The second-order valence-electron chi connectivity index (χ2n) is 7.68. The first-order valence-electron chi connectivity index (χ1n) is 10.3. The maximum atomic E-state index is 13.8. The number of hydrogen-bond donors (Lipinski definition) is 2. The Bertz CT molecular complexity index is 1210. The van der Waals surface area contributed by atoms with Crippen LogP contribution in [-0.2, 0) is 0 Å². The van der Waals surface area contributed by atoms with Crippen LogP contribution in [0.25, 0.3) is 11.0 Å². The highest BCUT2D eigenvalue weighted by Crippen LogP contribution is 2.24. The first kappa shape index (κ1) is 19.9. The molecule has 0 spiro atoms. The normalized spacial score (nSPS) is 16.2. The van der Waals surface area contributed by atoms with E-state index < -0.39 is 11.7 Å². The zero-order chi connectivity index (χ0) is 22.2. The number of nitrogens with one attached hydrogen (secondary N) is 1. The summed E-state index contributed by atoms with van der Waals surface area (Å²) < 4.78 is 13.8. The number of nitrogens with zero attached hydrogens (tertiary/aromatic N) is 6. The monoisotopic (exact) mass is 436 g/mol. The molecular formula is C21H21FN8O2. The second kappa shape index (κ2) is 7.91. The molecule has 2 aromatic heterocycles. The van der Waals surface area contributed by atoms with E-state index in [1.54, 1.807) is 17.3 Å². The van der Waals surface area contributed by atoms with Gasteiger partial charge in [-0.3, -0.25) is 9.59 Å². The minimum atomic E-state index is -0.723. The highest BCUT2D eigenvalue weighted by molar-refractivity contribution is 6.04. The molecule has 0 saturated carbocycles. The van der Waals surface area contributed by atoms with Gasteiger partial charge in [0.05, 0.1) is 23.5 Å². The Kier molecular flexibility index (Phi) is 4.92. The zero-order valence-electron chi connectivity index (χ0n) is 17.2. The number of piperazine rings is 1. The molecule has 5 rings (SSSR count). The molecule has 164 valence electrons. The molecule has 0 aliphatic carbocycles. The van der Waals surface area contributed by atoms with Gasteiger partial charge in [0.1, 0.15) is 22.8 Å². The minimum Gasteiger partial charge on any atom is -0.366 e. The van der Waals surface area contributed by atoms with Crippen LogP contribution in [0.15, 0.2) is 36.8 Å². The van der Waals surface area contributed by atoms with Gasteiger partial charge in [-0.15, -0.1) is 0 Å². The molecule has 2 amide bonds. The molecule has 1 fully saturated rings. The van der Waals surface area contributed by atoms with Crippen molar-refractivity contribution < 1.29 is 14.0 Å². The van der Waals surface area contributed by atoms with Crippen LogP contribution in [-0.4, -0.2) is 69.4 Å². The van der Waals surface area contributed by atoms with E-state index in [0.717, 1.165) is 12.5 Å². The Labute approximate surface area is 182 Å². The number of aromatic amines is 1. The van der Waals surface area contributed by atoms with Crippen molar-refractivity contribution in [3.8, 4) is 0 Å². The molecule has 2 aliphatic heterocycles. The Morgan fingerprint density at radius 2 is 1.81 bits per heavy atom. The third-order valence-electron chi connectivity index (χ3n) is 5.65. The van der Waals surface area contributed by atoms with Crippen LogP contribution in [0.4, 0.5) is 16.2 Å². The van der Waals surface area contributed by atoms with E-state index in [9.17, 15) is 14.0 Å². The Hall–Kier alpha value is -4.02. The second-order valence-corrected chi connectivity index (χ2v) is 7.68. The molecule has 0 unspecified atom stereocenters. The lowest BCUT2D eigenvalue weighted by atomic mass is 10.1. The predicted octanol–water partition coefficient (Wildman–Crippen LogP) is 1.28. The van der Waals surface area contributed by atoms with Crippen molar-refractivity contribution in [2.75, 3.05) is 42.5 Å². The van der Waals surface area contributed by atoms with Gasteiger partial charge in [-0.25, -0.2) is 19.3 Å². The largest absolute Gasteiger partial charge is 0.366 e. The number of aromatic nitrogens is 4. The average Bonchev–Trinajstić information content (AvgIpc) is 3.48. The van der Waals surface area contributed by atoms with Crippen LogP contribution in [0, 0.1) is 5.82 Å². The number of amides is 2. The van der Waals surface area contributed by atoms with Crippen molar-refractivity contribution in [1.29, 1.82) is 0 Å². The van der Waals surface area contributed by atoms with Gasteiger partial charge in [-0.2, -0.15) is 0 Å². The molecule has 32 heavy (non-hydrogen) atoms. The van der Waals surface area contributed by atoms with Crippen molar-refractivity contribution in [2.45, 2.75) is 6.42 Å². The van der Waals surface area contributed by atoms with Gasteiger partial charge in [-0.1, -0.05) is 6.08 Å². The molecule has 11 heteroatoms. The van der Waals surface area contributed by atoms with Gasteiger partial charge in [0.25, 0.3) is 11.8 Å². The summed E-state index contributed by atoms with van der Waals surface area (Å²) >= 11 is 0. The van der Waals surface area contributed by atoms with E-state index >= 15 is 0 Å². The third kappa shape index (κ3) is 3.61. The molecule has 1 aromatic carbocycles. The van der Waals surface area contributed by atoms with E-state index in [-0.39, 0.29) is 11.5 Å². The highest BCUT2D eigenvalue weighted by Gasteiger charge is 2.23. The van der Waals surface area contributed by atoms with Crippen LogP contribution in [0.5, 0.6) is 0 Å². The maximum Gasteiger partial charge on any atom is 0.277 e. The van der Waals surface area contributed by atoms with Crippen LogP contribution in [0.2, 0.25) is 0 Å². The predicted molar refractivity (Wildman–Crippen MR) is 116 cm³/mol. The summed E-state index contributed by atoms with van der Waals surface area (Å²) in [6.45, 7) is 3.25. The lowest BCUT2D eigenvalue weighted by molar-refractivity contribution is 0.0826. The number of carbonyl (C=O) groups excluding carboxylic acids is 2. The summed E-state index contributed by atoms with van der Waals surface area (Å²) in [5.74, 6) is -0.176. The van der Waals surface area contributed by atoms with E-state index in [1.165, 1.54) is 12.3 Å². The number of nitrogens with two attached hydrogens (primary N) is 1. The van der Waals surface area contributed by atoms with Crippen molar-refractivity contribution in [1.82, 2.24) is 24.8 Å². The Morgan fingerprint density at radius 3 is 2.47 bits per heavy atom. The maximum absolute atomic E-state index is 13.8. The molecule has 3 aromatic rings. The first-order valence-corrected chi connectivity index (χ1v) is 10.3. The quantitative estimate of drug-likeness (QED) is 0.631. The minimum absolute atomic E-state index is 0.0514. The number of primary amides is 1. The molecule has 0 radical (unpaired) electrons. The van der Waals surface area contributed by atoms with Crippen molar-refractivity contribution in [3.63, 3.8) is 0 Å². The number of hydrogen-bond acceptors (Lipinski definition) is 7. The van der Waals surface area contributed by atoms with E-state index in [2.05, 4.69) is 24.8 Å². The van der Waals surface area contributed by atoms with E-state index in [4.69, 9.17) is 5.73 Å². The summed E-state index contributed by atoms with van der Waals surface area (Å²) in [6, 6.07) is 2.39. The number of carbonyl (C=O) groups is 2. The van der Waals surface area contributed by atoms with Gasteiger partial charge in [-0.05, 0) is 18.6 Å². The molecule has 2 aliphatic rings. The molecule has 1 saturated heterocycles. The number of rotatable bonds is 4. The standard InChI is InChI=1S/C21H21FN8O2/c22-13-9-14(19(23)31)18-15(10-13)26-21(27-18)30-7-5-28(6-8-30)17-12-24-16(11-25-17)20(32)29-3-1-2-4-29/h1,3,9-12H,2,4-8H2,(H2,23,31)(H,26,27). The van der Waals surface area contributed by atoms with Crippen molar-refractivity contribution in [3.05, 3.63) is 53.9 Å². The molecule has 0 atom stereocenters. The highest BCUT2D eigenvalue weighted by atomic mass is 19.1. The van der Waals surface area contributed by atoms with Crippen LogP contribution < -0.4 is 15.5 Å². The Morgan fingerprint density at radius 1 is 1.03 bits per heavy atom. The van der Waals surface area contributed by atoms with E-state index in [1.807, 2.05) is 11.0 Å².